The number of esters is 1. The van der Waals surface area contributed by atoms with E-state index in [0.717, 1.165) is 59.9 Å². The molecule has 0 amide bonds. The quantitative estimate of drug-likeness (QED) is 0.526. The molecule has 0 aromatic heterocycles. The Bertz CT molecular complexity index is 893. The molecule has 154 valence electrons. The van der Waals surface area contributed by atoms with E-state index in [0.29, 0.717) is 11.4 Å². The van der Waals surface area contributed by atoms with Gasteiger partial charge in [-0.15, -0.1) is 0 Å². The van der Waals surface area contributed by atoms with Crippen LogP contribution in [0.4, 0.5) is 0 Å². The highest BCUT2D eigenvalue weighted by atomic mass is 35.5. The van der Waals surface area contributed by atoms with Gasteiger partial charge >= 0.3 is 5.97 Å². The fourth-order valence-electron chi connectivity index (χ4n) is 4.56. The van der Waals surface area contributed by atoms with Crippen molar-refractivity contribution in [2.75, 3.05) is 7.11 Å². The summed E-state index contributed by atoms with van der Waals surface area (Å²) in [6.45, 7) is 4.10. The smallest absolute Gasteiger partial charge is 0.312 e. The van der Waals surface area contributed by atoms with Gasteiger partial charge in [0.25, 0.3) is 0 Å². The molecule has 1 aliphatic carbocycles. The van der Waals surface area contributed by atoms with Crippen molar-refractivity contribution < 1.29 is 14.3 Å². The number of benzene rings is 2. The van der Waals surface area contributed by atoms with E-state index in [-0.39, 0.29) is 18.2 Å². The molecule has 0 heterocycles. The fourth-order valence-corrected chi connectivity index (χ4v) is 4.68. The first-order valence-corrected chi connectivity index (χ1v) is 10.7. The second-order valence-corrected chi connectivity index (χ2v) is 8.76. The van der Waals surface area contributed by atoms with Crippen molar-refractivity contribution in [1.82, 2.24) is 0 Å². The van der Waals surface area contributed by atoms with Crippen LogP contribution in [0.25, 0.3) is 11.1 Å². The van der Waals surface area contributed by atoms with Gasteiger partial charge in [0, 0.05) is 17.9 Å². The number of halogens is 1. The highest BCUT2D eigenvalue weighted by molar-refractivity contribution is 6.30. The molecule has 1 fully saturated rings. The maximum atomic E-state index is 12.9. The summed E-state index contributed by atoms with van der Waals surface area (Å²) in [4.78, 5) is 25.4. The lowest BCUT2D eigenvalue weighted by atomic mass is 9.70. The summed E-state index contributed by atoms with van der Waals surface area (Å²) in [5, 5.41) is 0.715. The average Bonchev–Trinajstić information content (AvgIpc) is 2.71. The maximum absolute atomic E-state index is 12.9. The molecule has 0 aliphatic heterocycles. The molecule has 29 heavy (non-hydrogen) atoms. The Balaban J connectivity index is 1.79. The zero-order chi connectivity index (χ0) is 21.0. The molecule has 3 nitrogen and oxygen atoms in total. The van der Waals surface area contributed by atoms with Crippen LogP contribution in [0.15, 0.2) is 36.4 Å². The molecular weight excluding hydrogens is 384 g/mol. The Hall–Kier alpha value is -2.13. The third-order valence-corrected chi connectivity index (χ3v) is 6.44. The first kappa shape index (κ1) is 21.6. The van der Waals surface area contributed by atoms with Gasteiger partial charge in [0.1, 0.15) is 5.78 Å². The minimum atomic E-state index is -0.629. The average molecular weight is 413 g/mol. The highest BCUT2D eigenvalue weighted by Crippen LogP contribution is 2.41. The Kier molecular flexibility index (Phi) is 6.79. The van der Waals surface area contributed by atoms with E-state index in [1.165, 1.54) is 7.11 Å². The third kappa shape index (κ3) is 4.90. The fraction of sp³-hybridized carbons (Fsp3) is 0.440. The van der Waals surface area contributed by atoms with Crippen LogP contribution < -0.4 is 0 Å². The van der Waals surface area contributed by atoms with Crippen LogP contribution >= 0.6 is 11.6 Å². The Labute approximate surface area is 178 Å². The molecule has 1 aliphatic rings. The summed E-state index contributed by atoms with van der Waals surface area (Å²) in [6.07, 6.45) is 5.21. The van der Waals surface area contributed by atoms with Gasteiger partial charge in [0.15, 0.2) is 0 Å². The number of carbonyl (C=O) groups is 2. The van der Waals surface area contributed by atoms with Crippen LogP contribution in [0.3, 0.4) is 0 Å². The van der Waals surface area contributed by atoms with Crippen molar-refractivity contribution in [3.05, 3.63) is 58.1 Å². The van der Waals surface area contributed by atoms with Crippen molar-refractivity contribution in [2.45, 2.75) is 58.8 Å². The number of hydrogen-bond donors (Lipinski definition) is 0. The molecule has 0 atom stereocenters. The predicted molar refractivity (Wildman–Crippen MR) is 117 cm³/mol. The number of ketones is 1. The lowest BCUT2D eigenvalue weighted by Crippen LogP contribution is -2.37. The SMILES string of the molecule is COC(=O)C1(CC(=O)Cc2cc(C)c(-c3ccc(Cl)cc3)cc2C)CCCCC1. The van der Waals surface area contributed by atoms with E-state index in [2.05, 4.69) is 19.1 Å². The van der Waals surface area contributed by atoms with Crippen LogP contribution in [0, 0.1) is 19.3 Å². The van der Waals surface area contributed by atoms with Crippen molar-refractivity contribution in [1.29, 1.82) is 0 Å². The molecule has 3 rings (SSSR count). The van der Waals surface area contributed by atoms with Gasteiger partial charge in [-0.25, -0.2) is 0 Å². The van der Waals surface area contributed by atoms with Gasteiger partial charge in [0.05, 0.1) is 12.5 Å². The van der Waals surface area contributed by atoms with Crippen LogP contribution in [0.2, 0.25) is 5.02 Å². The molecular formula is C25H29ClO3. The first-order chi connectivity index (χ1) is 13.8. The van der Waals surface area contributed by atoms with Crippen molar-refractivity contribution in [3.63, 3.8) is 0 Å². The molecule has 0 radical (unpaired) electrons. The lowest BCUT2D eigenvalue weighted by molar-refractivity contribution is -0.157. The molecule has 0 saturated heterocycles. The minimum absolute atomic E-state index is 0.110. The normalized spacial score (nSPS) is 15.7. The van der Waals surface area contributed by atoms with Gasteiger partial charge in [-0.2, -0.15) is 0 Å². The number of rotatable bonds is 6. The largest absolute Gasteiger partial charge is 0.469 e. The molecule has 4 heteroatoms. The molecule has 0 spiro atoms. The maximum Gasteiger partial charge on any atom is 0.312 e. The van der Waals surface area contributed by atoms with E-state index >= 15 is 0 Å². The number of carbonyl (C=O) groups excluding carboxylic acids is 2. The molecule has 0 bridgehead atoms. The number of methoxy groups -OCH3 is 1. The van der Waals surface area contributed by atoms with Crippen molar-refractivity contribution in [3.8, 4) is 11.1 Å². The number of ether oxygens (including phenoxy) is 1. The number of hydrogen-bond acceptors (Lipinski definition) is 3. The minimum Gasteiger partial charge on any atom is -0.469 e. The van der Waals surface area contributed by atoms with E-state index < -0.39 is 5.41 Å². The van der Waals surface area contributed by atoms with Crippen LogP contribution in [0.1, 0.15) is 55.2 Å². The second-order valence-electron chi connectivity index (χ2n) is 8.33. The lowest BCUT2D eigenvalue weighted by Gasteiger charge is -2.34. The van der Waals surface area contributed by atoms with Crippen molar-refractivity contribution in [2.24, 2.45) is 5.41 Å². The van der Waals surface area contributed by atoms with Gasteiger partial charge in [-0.05, 0) is 66.6 Å². The Morgan fingerprint density at radius 3 is 2.28 bits per heavy atom. The van der Waals surface area contributed by atoms with E-state index in [1.807, 2.05) is 31.2 Å². The molecule has 0 N–H and O–H groups in total. The molecule has 1 saturated carbocycles. The first-order valence-electron chi connectivity index (χ1n) is 10.3. The second kappa shape index (κ2) is 9.13. The highest BCUT2D eigenvalue weighted by Gasteiger charge is 2.42. The molecule has 2 aromatic rings. The summed E-state index contributed by atoms with van der Waals surface area (Å²) < 4.78 is 5.06. The van der Waals surface area contributed by atoms with Gasteiger partial charge in [0.2, 0.25) is 0 Å². The van der Waals surface area contributed by atoms with Crippen LogP contribution in [-0.4, -0.2) is 18.9 Å². The standard InChI is InChI=1S/C25H29ClO3/c1-17-14-23(19-7-9-21(26)10-8-19)18(2)13-20(17)15-22(27)16-25(24(28)29-3)11-5-4-6-12-25/h7-10,13-14H,4-6,11-12,15-16H2,1-3H3. The Morgan fingerprint density at radius 2 is 1.66 bits per heavy atom. The van der Waals surface area contributed by atoms with E-state index in [9.17, 15) is 9.59 Å². The zero-order valence-corrected chi connectivity index (χ0v) is 18.3. The van der Waals surface area contributed by atoms with Gasteiger partial charge in [-0.1, -0.05) is 55.1 Å². The van der Waals surface area contributed by atoms with Crippen LogP contribution in [-0.2, 0) is 20.7 Å². The Morgan fingerprint density at radius 1 is 1.00 bits per heavy atom. The van der Waals surface area contributed by atoms with Crippen LogP contribution in [0.5, 0.6) is 0 Å². The molecule has 2 aromatic carbocycles. The van der Waals surface area contributed by atoms with E-state index in [4.69, 9.17) is 16.3 Å². The summed E-state index contributed by atoms with van der Waals surface area (Å²) in [5.74, 6) is -0.115. The topological polar surface area (TPSA) is 43.4 Å². The van der Waals surface area contributed by atoms with Gasteiger partial charge in [-0.3, -0.25) is 9.59 Å². The molecule has 0 unspecified atom stereocenters. The summed E-state index contributed by atoms with van der Waals surface area (Å²) in [6, 6.07) is 12.0. The predicted octanol–water partition coefficient (Wildman–Crippen LogP) is 6.25. The van der Waals surface area contributed by atoms with Crippen molar-refractivity contribution >= 4 is 23.4 Å². The summed E-state index contributed by atoms with van der Waals surface area (Å²) in [7, 11) is 1.42. The number of Topliss-reactive ketones (excluding diaryl/α,β-unsaturated/α-hetero) is 1. The number of aryl methyl sites for hydroxylation is 2. The summed E-state index contributed by atoms with van der Waals surface area (Å²) >= 11 is 6.01. The summed E-state index contributed by atoms with van der Waals surface area (Å²) in [5.41, 5.74) is 4.87. The zero-order valence-electron chi connectivity index (χ0n) is 17.5. The van der Waals surface area contributed by atoms with E-state index in [1.54, 1.807) is 0 Å². The monoisotopic (exact) mass is 412 g/mol. The van der Waals surface area contributed by atoms with Gasteiger partial charge < -0.3 is 4.74 Å². The third-order valence-electron chi connectivity index (χ3n) is 6.19.